The summed E-state index contributed by atoms with van der Waals surface area (Å²) in [6.07, 6.45) is 1.11. The number of halogens is 1. The van der Waals surface area contributed by atoms with E-state index in [9.17, 15) is 4.39 Å². The van der Waals surface area contributed by atoms with E-state index < -0.39 is 0 Å². The maximum atomic E-state index is 13.1. The van der Waals surface area contributed by atoms with Gasteiger partial charge in [-0.3, -0.25) is 0 Å². The smallest absolute Gasteiger partial charge is 0.123 e. The summed E-state index contributed by atoms with van der Waals surface area (Å²) < 4.78 is 18.9. The second-order valence-corrected chi connectivity index (χ2v) is 6.32. The first-order valence-corrected chi connectivity index (χ1v) is 8.58. The van der Waals surface area contributed by atoms with Crippen molar-refractivity contribution >= 4 is 5.69 Å². The van der Waals surface area contributed by atoms with E-state index in [4.69, 9.17) is 4.74 Å². The van der Waals surface area contributed by atoms with Crippen molar-refractivity contribution in [2.45, 2.75) is 19.1 Å². The predicted molar refractivity (Wildman–Crippen MR) is 98.3 cm³/mol. The number of hydrogen-bond donors (Lipinski definition) is 0. The van der Waals surface area contributed by atoms with Crippen LogP contribution in [0.2, 0.25) is 0 Å². The van der Waals surface area contributed by atoms with E-state index in [-0.39, 0.29) is 5.82 Å². The number of nitrogens with zero attached hydrogens (tertiary/aromatic N) is 1. The second kappa shape index (κ2) is 6.98. The lowest BCUT2D eigenvalue weighted by atomic mass is 9.94. The van der Waals surface area contributed by atoms with E-state index in [0.29, 0.717) is 12.6 Å². The fourth-order valence-corrected chi connectivity index (χ4v) is 3.20. The van der Waals surface area contributed by atoms with Crippen molar-refractivity contribution in [3.05, 3.63) is 95.8 Å². The SMILES string of the molecule is Fc1ccc(N2CC[C@H]2c2ccc(OCc3ccccc3)cc2)cc1. The van der Waals surface area contributed by atoms with Crippen LogP contribution in [0.3, 0.4) is 0 Å². The highest BCUT2D eigenvalue weighted by Crippen LogP contribution is 2.38. The summed E-state index contributed by atoms with van der Waals surface area (Å²) in [6, 6.07) is 25.5. The average Bonchev–Trinajstić information content (AvgIpc) is 2.63. The third-order valence-electron chi connectivity index (χ3n) is 4.69. The van der Waals surface area contributed by atoms with Gasteiger partial charge in [-0.1, -0.05) is 42.5 Å². The summed E-state index contributed by atoms with van der Waals surface area (Å²) in [5, 5.41) is 0. The first-order valence-electron chi connectivity index (χ1n) is 8.58. The number of benzene rings is 3. The van der Waals surface area contributed by atoms with Gasteiger partial charge in [0.05, 0.1) is 6.04 Å². The van der Waals surface area contributed by atoms with Gasteiger partial charge < -0.3 is 9.64 Å². The van der Waals surface area contributed by atoms with Crippen molar-refractivity contribution in [1.82, 2.24) is 0 Å². The molecule has 1 heterocycles. The topological polar surface area (TPSA) is 12.5 Å². The van der Waals surface area contributed by atoms with Crippen molar-refractivity contribution in [2.24, 2.45) is 0 Å². The summed E-state index contributed by atoms with van der Waals surface area (Å²) in [7, 11) is 0. The molecular weight excluding hydrogens is 313 g/mol. The lowest BCUT2D eigenvalue weighted by molar-refractivity contribution is 0.306. The molecule has 0 amide bonds. The van der Waals surface area contributed by atoms with Crippen molar-refractivity contribution in [2.75, 3.05) is 11.4 Å². The summed E-state index contributed by atoms with van der Waals surface area (Å²) in [4.78, 5) is 2.30. The number of hydrogen-bond acceptors (Lipinski definition) is 2. The maximum Gasteiger partial charge on any atom is 0.123 e. The van der Waals surface area contributed by atoms with Gasteiger partial charge in [-0.25, -0.2) is 4.39 Å². The highest BCUT2D eigenvalue weighted by Gasteiger charge is 2.29. The molecule has 3 aromatic carbocycles. The molecule has 0 aliphatic carbocycles. The van der Waals surface area contributed by atoms with Crippen LogP contribution in [0.1, 0.15) is 23.6 Å². The van der Waals surface area contributed by atoms with Crippen LogP contribution in [-0.4, -0.2) is 6.54 Å². The Bertz CT molecular complexity index is 815. The van der Waals surface area contributed by atoms with Crippen LogP contribution in [0.5, 0.6) is 5.75 Å². The molecule has 25 heavy (non-hydrogen) atoms. The summed E-state index contributed by atoms with van der Waals surface area (Å²) in [5.74, 6) is 0.681. The summed E-state index contributed by atoms with van der Waals surface area (Å²) >= 11 is 0. The zero-order valence-corrected chi connectivity index (χ0v) is 13.9. The zero-order chi connectivity index (χ0) is 17.1. The molecule has 1 saturated heterocycles. The van der Waals surface area contributed by atoms with Gasteiger partial charge in [-0.2, -0.15) is 0 Å². The molecule has 0 aromatic heterocycles. The minimum Gasteiger partial charge on any atom is -0.489 e. The van der Waals surface area contributed by atoms with Gasteiger partial charge in [0.1, 0.15) is 18.2 Å². The van der Waals surface area contributed by atoms with Crippen LogP contribution in [0.25, 0.3) is 0 Å². The minimum atomic E-state index is -0.194. The predicted octanol–water partition coefficient (Wildman–Crippen LogP) is 5.36. The number of ether oxygens (including phenoxy) is 1. The van der Waals surface area contributed by atoms with Crippen molar-refractivity contribution in [1.29, 1.82) is 0 Å². The van der Waals surface area contributed by atoms with Crippen LogP contribution < -0.4 is 9.64 Å². The van der Waals surface area contributed by atoms with Gasteiger partial charge >= 0.3 is 0 Å². The third-order valence-corrected chi connectivity index (χ3v) is 4.69. The molecule has 2 nitrogen and oxygen atoms in total. The van der Waals surface area contributed by atoms with Crippen LogP contribution in [0, 0.1) is 5.82 Å². The van der Waals surface area contributed by atoms with Gasteiger partial charge in [0.15, 0.2) is 0 Å². The molecule has 0 unspecified atom stereocenters. The van der Waals surface area contributed by atoms with Crippen LogP contribution >= 0.6 is 0 Å². The quantitative estimate of drug-likeness (QED) is 0.623. The van der Waals surface area contributed by atoms with Crippen molar-refractivity contribution < 1.29 is 9.13 Å². The Morgan fingerprint density at radius 2 is 1.60 bits per heavy atom. The second-order valence-electron chi connectivity index (χ2n) is 6.32. The monoisotopic (exact) mass is 333 g/mol. The molecule has 0 bridgehead atoms. The van der Waals surface area contributed by atoms with E-state index in [1.54, 1.807) is 0 Å². The molecule has 0 radical (unpaired) electrons. The van der Waals surface area contributed by atoms with Crippen molar-refractivity contribution in [3.63, 3.8) is 0 Å². The van der Waals surface area contributed by atoms with Gasteiger partial charge in [0.25, 0.3) is 0 Å². The Kier molecular flexibility index (Phi) is 4.38. The molecule has 0 N–H and O–H groups in total. The van der Waals surface area contributed by atoms with Gasteiger partial charge in [0, 0.05) is 12.2 Å². The Hall–Kier alpha value is -2.81. The molecule has 1 atom stereocenters. The number of rotatable bonds is 5. The molecule has 1 aliphatic heterocycles. The average molecular weight is 333 g/mol. The van der Waals surface area contributed by atoms with E-state index in [1.807, 2.05) is 42.5 Å². The van der Waals surface area contributed by atoms with E-state index in [0.717, 1.165) is 30.0 Å². The van der Waals surface area contributed by atoms with Crippen molar-refractivity contribution in [3.8, 4) is 5.75 Å². The Labute approximate surface area is 147 Å². The third kappa shape index (κ3) is 3.50. The lowest BCUT2D eigenvalue weighted by Gasteiger charge is -2.43. The minimum absolute atomic E-state index is 0.194. The standard InChI is InChI=1S/C22H20FNO/c23-19-8-10-20(11-9-19)24-15-14-22(24)18-6-12-21(13-7-18)25-16-17-4-2-1-3-5-17/h1-13,22H,14-16H2/t22-/m0/s1. The van der Waals surface area contributed by atoms with E-state index >= 15 is 0 Å². The van der Waals surface area contributed by atoms with Crippen LogP contribution in [-0.2, 0) is 6.61 Å². The highest BCUT2D eigenvalue weighted by molar-refractivity contribution is 5.52. The van der Waals surface area contributed by atoms with Gasteiger partial charge in [-0.05, 0) is 53.9 Å². The first kappa shape index (κ1) is 15.7. The molecular formula is C22H20FNO. The van der Waals surface area contributed by atoms with Crippen LogP contribution in [0.4, 0.5) is 10.1 Å². The maximum absolute atomic E-state index is 13.1. The molecule has 0 saturated carbocycles. The summed E-state index contributed by atoms with van der Waals surface area (Å²) in [5.41, 5.74) is 3.50. The largest absolute Gasteiger partial charge is 0.489 e. The highest BCUT2D eigenvalue weighted by atomic mass is 19.1. The summed E-state index contributed by atoms with van der Waals surface area (Å²) in [6.45, 7) is 1.58. The Balaban J connectivity index is 1.41. The molecule has 4 rings (SSSR count). The Morgan fingerprint density at radius 3 is 2.24 bits per heavy atom. The fourth-order valence-electron chi connectivity index (χ4n) is 3.20. The Morgan fingerprint density at radius 1 is 0.880 bits per heavy atom. The fraction of sp³-hybridized carbons (Fsp3) is 0.182. The van der Waals surface area contributed by atoms with E-state index in [1.165, 1.54) is 17.7 Å². The van der Waals surface area contributed by atoms with Gasteiger partial charge in [0.2, 0.25) is 0 Å². The molecule has 1 aliphatic rings. The molecule has 126 valence electrons. The molecule has 0 spiro atoms. The zero-order valence-electron chi connectivity index (χ0n) is 13.9. The van der Waals surface area contributed by atoms with Crippen LogP contribution in [0.15, 0.2) is 78.9 Å². The normalized spacial score (nSPS) is 16.4. The first-order chi connectivity index (χ1) is 12.3. The van der Waals surface area contributed by atoms with E-state index in [2.05, 4.69) is 29.2 Å². The lowest BCUT2D eigenvalue weighted by Crippen LogP contribution is -2.40. The molecule has 1 fully saturated rings. The number of anilines is 1. The van der Waals surface area contributed by atoms with Gasteiger partial charge in [-0.15, -0.1) is 0 Å². The molecule has 3 heteroatoms. The molecule has 3 aromatic rings.